The molecule has 0 aliphatic heterocycles. The highest BCUT2D eigenvalue weighted by molar-refractivity contribution is 7.89. The predicted molar refractivity (Wildman–Crippen MR) is 67.0 cm³/mol. The molecule has 0 bridgehead atoms. The van der Waals surface area contributed by atoms with E-state index in [1.807, 2.05) is 6.92 Å². The van der Waals surface area contributed by atoms with Crippen molar-refractivity contribution >= 4 is 15.8 Å². The zero-order valence-corrected chi connectivity index (χ0v) is 10.6. The van der Waals surface area contributed by atoms with E-state index in [4.69, 9.17) is 10.9 Å². The molecule has 1 aromatic rings. The lowest BCUT2D eigenvalue weighted by atomic mass is 10.1. The Bertz CT molecular complexity index is 444. The monoisotopic (exact) mass is 258 g/mol. The molecule has 0 aromatic carbocycles. The standard InChI is InChI=1S/C10H18N4O2S/c1-2-8(5-6-11)14-10-4-3-9(7-13-10)17(12,15)16/h3-4,7-8H,2,5-6,11H2,1H3,(H,13,14)(H2,12,15,16). The van der Waals surface area contributed by atoms with Crippen LogP contribution in [0.5, 0.6) is 0 Å². The Hall–Kier alpha value is -1.18. The molecular weight excluding hydrogens is 240 g/mol. The minimum absolute atomic E-state index is 0.00919. The van der Waals surface area contributed by atoms with Gasteiger partial charge in [-0.1, -0.05) is 6.92 Å². The van der Waals surface area contributed by atoms with Gasteiger partial charge < -0.3 is 11.1 Å². The molecule has 0 aliphatic carbocycles. The number of aromatic nitrogens is 1. The van der Waals surface area contributed by atoms with Gasteiger partial charge in [-0.25, -0.2) is 18.5 Å². The number of pyridine rings is 1. The molecule has 1 unspecified atom stereocenters. The summed E-state index contributed by atoms with van der Waals surface area (Å²) in [6.45, 7) is 2.65. The lowest BCUT2D eigenvalue weighted by Gasteiger charge is -2.16. The Morgan fingerprint density at radius 3 is 2.59 bits per heavy atom. The summed E-state index contributed by atoms with van der Waals surface area (Å²) in [7, 11) is -3.67. The van der Waals surface area contributed by atoms with E-state index in [1.54, 1.807) is 6.07 Å². The van der Waals surface area contributed by atoms with Crippen LogP contribution < -0.4 is 16.2 Å². The van der Waals surface area contributed by atoms with Gasteiger partial charge in [-0.15, -0.1) is 0 Å². The number of nitrogens with two attached hydrogens (primary N) is 2. The molecule has 0 amide bonds. The van der Waals surface area contributed by atoms with Crippen molar-refractivity contribution in [2.24, 2.45) is 10.9 Å². The first kappa shape index (κ1) is 13.9. The second-order valence-electron chi connectivity index (χ2n) is 3.75. The topological polar surface area (TPSA) is 111 Å². The van der Waals surface area contributed by atoms with Crippen molar-refractivity contribution in [3.05, 3.63) is 18.3 Å². The van der Waals surface area contributed by atoms with E-state index < -0.39 is 10.0 Å². The Morgan fingerprint density at radius 1 is 1.47 bits per heavy atom. The largest absolute Gasteiger partial charge is 0.367 e. The van der Waals surface area contributed by atoms with Crippen molar-refractivity contribution in [2.45, 2.75) is 30.7 Å². The average Bonchev–Trinajstić information content (AvgIpc) is 2.28. The smallest absolute Gasteiger partial charge is 0.239 e. The van der Waals surface area contributed by atoms with Crippen LogP contribution in [0.3, 0.4) is 0 Å². The third-order valence-corrected chi connectivity index (χ3v) is 3.32. The first-order chi connectivity index (χ1) is 7.97. The van der Waals surface area contributed by atoms with Crippen LogP contribution in [0.1, 0.15) is 19.8 Å². The molecule has 0 radical (unpaired) electrons. The molecule has 0 aliphatic rings. The molecule has 0 saturated carbocycles. The highest BCUT2D eigenvalue weighted by atomic mass is 32.2. The zero-order valence-electron chi connectivity index (χ0n) is 9.76. The van der Waals surface area contributed by atoms with E-state index in [9.17, 15) is 8.42 Å². The van der Waals surface area contributed by atoms with Crippen LogP contribution in [0, 0.1) is 0 Å². The molecule has 0 spiro atoms. The van der Waals surface area contributed by atoms with Crippen LogP contribution in [0.15, 0.2) is 23.2 Å². The molecule has 1 aromatic heterocycles. The SMILES string of the molecule is CCC(CCN)Nc1ccc(S(N)(=O)=O)cn1. The number of anilines is 1. The normalized spacial score (nSPS) is 13.4. The van der Waals surface area contributed by atoms with E-state index in [0.29, 0.717) is 12.4 Å². The third kappa shape index (κ3) is 4.29. The maximum absolute atomic E-state index is 11.0. The van der Waals surface area contributed by atoms with Crippen molar-refractivity contribution in [3.63, 3.8) is 0 Å². The van der Waals surface area contributed by atoms with E-state index in [2.05, 4.69) is 10.3 Å². The minimum atomic E-state index is -3.67. The summed E-state index contributed by atoms with van der Waals surface area (Å²) in [6, 6.07) is 3.27. The van der Waals surface area contributed by atoms with Crippen LogP contribution >= 0.6 is 0 Å². The first-order valence-corrected chi connectivity index (χ1v) is 6.97. The number of sulfonamides is 1. The van der Waals surface area contributed by atoms with E-state index in [-0.39, 0.29) is 10.9 Å². The van der Waals surface area contributed by atoms with Gasteiger partial charge in [0.25, 0.3) is 0 Å². The van der Waals surface area contributed by atoms with Crippen LogP contribution in [0.4, 0.5) is 5.82 Å². The summed E-state index contributed by atoms with van der Waals surface area (Å²) < 4.78 is 22.1. The Labute approximate surface area is 101 Å². The van der Waals surface area contributed by atoms with Crippen molar-refractivity contribution in [1.82, 2.24) is 4.98 Å². The summed E-state index contributed by atoms with van der Waals surface area (Å²) in [4.78, 5) is 4.01. The average molecular weight is 258 g/mol. The van der Waals surface area contributed by atoms with Gasteiger partial charge in [0, 0.05) is 12.2 Å². The van der Waals surface area contributed by atoms with Gasteiger partial charge in [0.1, 0.15) is 10.7 Å². The highest BCUT2D eigenvalue weighted by Crippen LogP contribution is 2.11. The maximum atomic E-state index is 11.0. The number of primary sulfonamides is 1. The Kier molecular flexibility index (Phi) is 4.86. The fourth-order valence-electron chi connectivity index (χ4n) is 1.42. The maximum Gasteiger partial charge on any atom is 0.239 e. The second kappa shape index (κ2) is 5.95. The van der Waals surface area contributed by atoms with E-state index in [0.717, 1.165) is 12.8 Å². The molecule has 17 heavy (non-hydrogen) atoms. The number of nitrogens with one attached hydrogen (secondary N) is 1. The van der Waals surface area contributed by atoms with Crippen molar-refractivity contribution in [2.75, 3.05) is 11.9 Å². The minimum Gasteiger partial charge on any atom is -0.367 e. The molecule has 96 valence electrons. The molecule has 0 fully saturated rings. The van der Waals surface area contributed by atoms with E-state index >= 15 is 0 Å². The van der Waals surface area contributed by atoms with Crippen molar-refractivity contribution in [1.29, 1.82) is 0 Å². The van der Waals surface area contributed by atoms with Gasteiger partial charge in [0.15, 0.2) is 0 Å². The van der Waals surface area contributed by atoms with Crippen LogP contribution in [-0.2, 0) is 10.0 Å². The van der Waals surface area contributed by atoms with E-state index in [1.165, 1.54) is 12.3 Å². The quantitative estimate of drug-likeness (QED) is 0.678. The van der Waals surface area contributed by atoms with Gasteiger partial charge in [0.05, 0.1) is 0 Å². The number of hydrogen-bond donors (Lipinski definition) is 3. The van der Waals surface area contributed by atoms with Crippen LogP contribution in [-0.4, -0.2) is 26.0 Å². The molecule has 5 N–H and O–H groups in total. The van der Waals surface area contributed by atoms with Gasteiger partial charge in [0.2, 0.25) is 10.0 Å². The zero-order chi connectivity index (χ0) is 12.9. The van der Waals surface area contributed by atoms with Crippen LogP contribution in [0.25, 0.3) is 0 Å². The predicted octanol–water partition coefficient (Wildman–Crippen LogP) is 0.268. The first-order valence-electron chi connectivity index (χ1n) is 5.42. The van der Waals surface area contributed by atoms with Gasteiger partial charge in [-0.2, -0.15) is 0 Å². The molecule has 1 heterocycles. The molecule has 0 saturated heterocycles. The molecule has 6 nitrogen and oxygen atoms in total. The Balaban J connectivity index is 2.74. The highest BCUT2D eigenvalue weighted by Gasteiger charge is 2.09. The van der Waals surface area contributed by atoms with Gasteiger partial charge in [-0.3, -0.25) is 0 Å². The summed E-state index contributed by atoms with van der Waals surface area (Å²) in [6.07, 6.45) is 3.01. The second-order valence-corrected chi connectivity index (χ2v) is 5.31. The summed E-state index contributed by atoms with van der Waals surface area (Å²) in [5.41, 5.74) is 5.48. The van der Waals surface area contributed by atoms with Crippen molar-refractivity contribution in [3.8, 4) is 0 Å². The fourth-order valence-corrected chi connectivity index (χ4v) is 1.88. The Morgan fingerprint density at radius 2 is 2.18 bits per heavy atom. The van der Waals surface area contributed by atoms with Gasteiger partial charge >= 0.3 is 0 Å². The van der Waals surface area contributed by atoms with Crippen molar-refractivity contribution < 1.29 is 8.42 Å². The van der Waals surface area contributed by atoms with Gasteiger partial charge in [-0.05, 0) is 31.5 Å². The molecule has 1 rings (SSSR count). The third-order valence-electron chi connectivity index (χ3n) is 2.42. The summed E-state index contributed by atoms with van der Waals surface area (Å²) in [5, 5.41) is 8.16. The van der Waals surface area contributed by atoms with Crippen LogP contribution in [0.2, 0.25) is 0 Å². The summed E-state index contributed by atoms with van der Waals surface area (Å²) in [5.74, 6) is 0.623. The lowest BCUT2D eigenvalue weighted by Crippen LogP contribution is -2.22. The lowest BCUT2D eigenvalue weighted by molar-refractivity contribution is 0.597. The molecule has 1 atom stereocenters. The molecular formula is C10H18N4O2S. The fraction of sp³-hybridized carbons (Fsp3) is 0.500. The number of hydrogen-bond acceptors (Lipinski definition) is 5. The number of nitrogens with zero attached hydrogens (tertiary/aromatic N) is 1. The molecule has 7 heteroatoms. The number of rotatable bonds is 6. The summed E-state index contributed by atoms with van der Waals surface area (Å²) >= 11 is 0.